The number of aromatic nitrogens is 4. The van der Waals surface area contributed by atoms with Crippen molar-refractivity contribution in [1.29, 1.82) is 0 Å². The molecule has 0 aliphatic carbocycles. The van der Waals surface area contributed by atoms with Crippen molar-refractivity contribution >= 4 is 0 Å². The summed E-state index contributed by atoms with van der Waals surface area (Å²) in [5.74, 6) is 1.09. The van der Waals surface area contributed by atoms with E-state index in [4.69, 9.17) is 0 Å². The minimum atomic E-state index is 0.395. The average molecular weight is 307 g/mol. The van der Waals surface area contributed by atoms with Crippen molar-refractivity contribution < 1.29 is 0 Å². The van der Waals surface area contributed by atoms with E-state index in [0.29, 0.717) is 6.04 Å². The first-order valence-electron chi connectivity index (χ1n) is 8.22. The minimum Gasteiger partial charge on any atom is -0.347 e. The highest BCUT2D eigenvalue weighted by Gasteiger charge is 2.25. The van der Waals surface area contributed by atoms with Gasteiger partial charge in [-0.1, -0.05) is 18.6 Å². The van der Waals surface area contributed by atoms with Crippen LogP contribution in [-0.4, -0.2) is 31.2 Å². The summed E-state index contributed by atoms with van der Waals surface area (Å²) in [7, 11) is 0. The van der Waals surface area contributed by atoms with Gasteiger partial charge in [0, 0.05) is 31.3 Å². The molecule has 0 amide bonds. The van der Waals surface area contributed by atoms with Crippen LogP contribution in [0.15, 0.2) is 55.1 Å². The van der Waals surface area contributed by atoms with Gasteiger partial charge in [-0.15, -0.1) is 0 Å². The molecule has 0 radical (unpaired) electrons. The van der Waals surface area contributed by atoms with Gasteiger partial charge in [-0.25, -0.2) is 9.67 Å². The lowest BCUT2D eigenvalue weighted by atomic mass is 10.0. The highest BCUT2D eigenvalue weighted by Crippen LogP contribution is 2.30. The van der Waals surface area contributed by atoms with Crippen LogP contribution in [0.25, 0.3) is 5.69 Å². The monoisotopic (exact) mass is 307 g/mol. The van der Waals surface area contributed by atoms with E-state index in [-0.39, 0.29) is 0 Å². The first kappa shape index (κ1) is 14.2. The fourth-order valence-electron chi connectivity index (χ4n) is 3.40. The quantitative estimate of drug-likeness (QED) is 0.804. The third kappa shape index (κ3) is 3.05. The van der Waals surface area contributed by atoms with E-state index in [1.54, 1.807) is 0 Å². The van der Waals surface area contributed by atoms with Crippen LogP contribution >= 0.6 is 0 Å². The van der Waals surface area contributed by atoms with Gasteiger partial charge in [-0.05, 0) is 43.1 Å². The molecule has 3 heterocycles. The van der Waals surface area contributed by atoms with E-state index < -0.39 is 0 Å². The number of piperidine rings is 1. The number of H-pyrrole nitrogens is 1. The highest BCUT2D eigenvalue weighted by atomic mass is 15.3. The molecule has 118 valence electrons. The van der Waals surface area contributed by atoms with E-state index in [0.717, 1.165) is 24.6 Å². The smallest absolute Gasteiger partial charge is 0.123 e. The molecule has 0 saturated carbocycles. The number of aromatic amines is 1. The molecule has 1 fully saturated rings. The molecule has 1 N–H and O–H groups in total. The number of nitrogens with zero attached hydrogens (tertiary/aromatic N) is 4. The van der Waals surface area contributed by atoms with E-state index in [1.807, 2.05) is 35.5 Å². The summed E-state index contributed by atoms with van der Waals surface area (Å²) in [6, 6.07) is 11.0. The molecule has 2 aromatic heterocycles. The molecule has 0 unspecified atom stereocenters. The van der Waals surface area contributed by atoms with Gasteiger partial charge in [0.15, 0.2) is 0 Å². The van der Waals surface area contributed by atoms with Crippen LogP contribution in [0.1, 0.15) is 36.7 Å². The molecular weight excluding hydrogens is 286 g/mol. The van der Waals surface area contributed by atoms with Gasteiger partial charge in [0.25, 0.3) is 0 Å². The first-order valence-corrected chi connectivity index (χ1v) is 8.22. The van der Waals surface area contributed by atoms with Gasteiger partial charge in [0.2, 0.25) is 0 Å². The third-order valence-corrected chi connectivity index (χ3v) is 4.51. The molecule has 1 atom stereocenters. The SMILES string of the molecule is c1cc(CN2CCCC[C@@H]2c2ncc[nH]2)cc(-n2cccn2)c1. The molecule has 1 aromatic carbocycles. The Balaban J connectivity index is 1.55. The fraction of sp³-hybridized carbons (Fsp3) is 0.333. The van der Waals surface area contributed by atoms with Gasteiger partial charge < -0.3 is 4.98 Å². The lowest BCUT2D eigenvalue weighted by Crippen LogP contribution is -2.33. The summed E-state index contributed by atoms with van der Waals surface area (Å²) < 4.78 is 1.91. The van der Waals surface area contributed by atoms with Gasteiger partial charge >= 0.3 is 0 Å². The van der Waals surface area contributed by atoms with Crippen LogP contribution in [0.2, 0.25) is 0 Å². The van der Waals surface area contributed by atoms with Crippen molar-refractivity contribution in [1.82, 2.24) is 24.6 Å². The van der Waals surface area contributed by atoms with E-state index in [1.165, 1.54) is 24.8 Å². The van der Waals surface area contributed by atoms with Crippen molar-refractivity contribution in [3.05, 3.63) is 66.5 Å². The predicted molar refractivity (Wildman–Crippen MR) is 89.2 cm³/mol. The Morgan fingerprint density at radius 1 is 1.17 bits per heavy atom. The van der Waals surface area contributed by atoms with E-state index >= 15 is 0 Å². The maximum Gasteiger partial charge on any atom is 0.123 e. The van der Waals surface area contributed by atoms with E-state index in [9.17, 15) is 0 Å². The summed E-state index contributed by atoms with van der Waals surface area (Å²) in [6.45, 7) is 2.07. The van der Waals surface area contributed by atoms with Crippen LogP contribution in [0.3, 0.4) is 0 Å². The number of benzene rings is 1. The van der Waals surface area contributed by atoms with Crippen molar-refractivity contribution in [2.24, 2.45) is 0 Å². The number of hydrogen-bond donors (Lipinski definition) is 1. The van der Waals surface area contributed by atoms with Crippen LogP contribution in [0.4, 0.5) is 0 Å². The predicted octanol–water partition coefficient (Wildman–Crippen LogP) is 3.32. The van der Waals surface area contributed by atoms with Crippen molar-refractivity contribution in [3.8, 4) is 5.69 Å². The maximum absolute atomic E-state index is 4.48. The minimum absolute atomic E-state index is 0.395. The fourth-order valence-corrected chi connectivity index (χ4v) is 3.40. The van der Waals surface area contributed by atoms with Gasteiger partial charge in [-0.2, -0.15) is 5.10 Å². The second-order valence-electron chi connectivity index (χ2n) is 6.08. The zero-order valence-electron chi connectivity index (χ0n) is 13.1. The number of rotatable bonds is 4. The summed E-state index contributed by atoms with van der Waals surface area (Å²) in [5.41, 5.74) is 2.43. The molecule has 1 saturated heterocycles. The molecule has 5 nitrogen and oxygen atoms in total. The van der Waals surface area contributed by atoms with Crippen LogP contribution < -0.4 is 0 Å². The molecule has 1 aliphatic heterocycles. The molecular formula is C18H21N5. The Morgan fingerprint density at radius 2 is 2.17 bits per heavy atom. The first-order chi connectivity index (χ1) is 11.4. The van der Waals surface area contributed by atoms with Crippen LogP contribution in [0, 0.1) is 0 Å². The Kier molecular flexibility index (Phi) is 3.94. The Bertz CT molecular complexity index is 733. The Hall–Kier alpha value is -2.40. The van der Waals surface area contributed by atoms with Crippen molar-refractivity contribution in [3.63, 3.8) is 0 Å². The van der Waals surface area contributed by atoms with Crippen LogP contribution in [-0.2, 0) is 6.54 Å². The molecule has 1 aliphatic rings. The van der Waals surface area contributed by atoms with Crippen molar-refractivity contribution in [2.75, 3.05) is 6.54 Å². The van der Waals surface area contributed by atoms with Crippen molar-refractivity contribution in [2.45, 2.75) is 31.8 Å². The Labute approximate surface area is 136 Å². The van der Waals surface area contributed by atoms with Gasteiger partial charge in [0.1, 0.15) is 5.82 Å². The number of likely N-dealkylation sites (tertiary alicyclic amines) is 1. The summed E-state index contributed by atoms with van der Waals surface area (Å²) in [6.07, 6.45) is 11.3. The summed E-state index contributed by atoms with van der Waals surface area (Å²) in [4.78, 5) is 10.3. The third-order valence-electron chi connectivity index (χ3n) is 4.51. The number of hydrogen-bond acceptors (Lipinski definition) is 3. The maximum atomic E-state index is 4.48. The zero-order valence-corrected chi connectivity index (χ0v) is 13.1. The zero-order chi connectivity index (χ0) is 15.5. The van der Waals surface area contributed by atoms with Gasteiger partial charge in [-0.3, -0.25) is 4.90 Å². The average Bonchev–Trinajstić information content (AvgIpc) is 3.30. The summed E-state index contributed by atoms with van der Waals surface area (Å²) >= 11 is 0. The second-order valence-corrected chi connectivity index (χ2v) is 6.08. The molecule has 4 rings (SSSR count). The normalized spacial score (nSPS) is 19.0. The largest absolute Gasteiger partial charge is 0.347 e. The molecule has 5 heteroatoms. The van der Waals surface area contributed by atoms with Crippen LogP contribution in [0.5, 0.6) is 0 Å². The topological polar surface area (TPSA) is 49.7 Å². The number of imidazole rings is 1. The standard InChI is InChI=1S/C18H21N5/c1-2-11-22(17(7-1)18-19-9-10-20-18)14-15-5-3-6-16(13-15)23-12-4-8-21-23/h3-6,8-10,12-13,17H,1-2,7,11,14H2,(H,19,20)/t17-/m1/s1. The lowest BCUT2D eigenvalue weighted by molar-refractivity contribution is 0.134. The van der Waals surface area contributed by atoms with E-state index in [2.05, 4.69) is 44.2 Å². The molecule has 3 aromatic rings. The Morgan fingerprint density at radius 3 is 3.00 bits per heavy atom. The second kappa shape index (κ2) is 6.38. The highest BCUT2D eigenvalue weighted by molar-refractivity contribution is 5.35. The molecule has 0 bridgehead atoms. The molecule has 0 spiro atoms. The molecule has 23 heavy (non-hydrogen) atoms. The summed E-state index contributed by atoms with van der Waals surface area (Å²) in [5, 5.41) is 4.32. The number of nitrogens with one attached hydrogen (secondary N) is 1. The van der Waals surface area contributed by atoms with Gasteiger partial charge in [0.05, 0.1) is 11.7 Å². The lowest BCUT2D eigenvalue weighted by Gasteiger charge is -2.34.